The average molecular weight is 240 g/mol. The van der Waals surface area contributed by atoms with E-state index >= 15 is 0 Å². The molecule has 2 rings (SSSR count). The molecule has 2 nitrogen and oxygen atoms in total. The molecule has 1 aromatic carbocycles. The van der Waals surface area contributed by atoms with Gasteiger partial charge in [-0.3, -0.25) is 0 Å². The van der Waals surface area contributed by atoms with Crippen molar-refractivity contribution in [3.63, 3.8) is 0 Å². The van der Waals surface area contributed by atoms with Crippen molar-refractivity contribution in [1.29, 1.82) is 0 Å². The quantitative estimate of drug-likeness (QED) is 0.893. The first-order valence-electron chi connectivity index (χ1n) is 4.89. The second kappa shape index (κ2) is 4.68. The van der Waals surface area contributed by atoms with Crippen molar-refractivity contribution in [3.8, 4) is 0 Å². The van der Waals surface area contributed by atoms with Gasteiger partial charge >= 0.3 is 0 Å². The van der Waals surface area contributed by atoms with Gasteiger partial charge in [0.05, 0.1) is 17.5 Å². The number of rotatable bonds is 3. The number of furan rings is 1. The topological polar surface area (TPSA) is 39.2 Å². The molecule has 84 valence electrons. The van der Waals surface area contributed by atoms with Crippen LogP contribution in [0.25, 0.3) is 0 Å². The predicted octanol–water partition coefficient (Wildman–Crippen LogP) is 3.31. The summed E-state index contributed by atoms with van der Waals surface area (Å²) in [5.41, 5.74) is 7.28. The van der Waals surface area contributed by atoms with Crippen molar-refractivity contribution in [2.24, 2.45) is 5.73 Å². The Balaban J connectivity index is 2.21. The first-order chi connectivity index (χ1) is 7.68. The van der Waals surface area contributed by atoms with E-state index in [1.165, 1.54) is 6.07 Å². The Hall–Kier alpha value is -1.32. The van der Waals surface area contributed by atoms with Gasteiger partial charge in [-0.2, -0.15) is 0 Å². The smallest absolute Gasteiger partial charge is 0.146 e. The fraction of sp³-hybridized carbons (Fsp3) is 0.167. The zero-order valence-electron chi connectivity index (χ0n) is 8.49. The third kappa shape index (κ3) is 2.26. The summed E-state index contributed by atoms with van der Waals surface area (Å²) in [4.78, 5) is 0. The molecule has 0 spiro atoms. The Kier molecular flexibility index (Phi) is 3.27. The van der Waals surface area contributed by atoms with Crippen LogP contribution in [0.3, 0.4) is 0 Å². The first-order valence-corrected chi connectivity index (χ1v) is 5.27. The minimum absolute atomic E-state index is 0.0974. The minimum atomic E-state index is -0.444. The van der Waals surface area contributed by atoms with E-state index in [1.54, 1.807) is 24.7 Å². The number of benzene rings is 1. The lowest BCUT2D eigenvalue weighted by Gasteiger charge is -2.12. The number of hydrogen-bond acceptors (Lipinski definition) is 2. The zero-order chi connectivity index (χ0) is 11.5. The largest absolute Gasteiger partial charge is 0.472 e. The van der Waals surface area contributed by atoms with Gasteiger partial charge in [0, 0.05) is 11.6 Å². The molecule has 0 radical (unpaired) electrons. The van der Waals surface area contributed by atoms with Crippen molar-refractivity contribution in [1.82, 2.24) is 0 Å². The summed E-state index contributed by atoms with van der Waals surface area (Å²) >= 11 is 5.69. The van der Waals surface area contributed by atoms with Crippen LogP contribution in [0.4, 0.5) is 4.39 Å². The van der Waals surface area contributed by atoms with E-state index in [0.717, 1.165) is 5.56 Å². The zero-order valence-corrected chi connectivity index (χ0v) is 9.25. The van der Waals surface area contributed by atoms with Gasteiger partial charge < -0.3 is 10.2 Å². The van der Waals surface area contributed by atoms with Crippen LogP contribution in [-0.4, -0.2) is 0 Å². The van der Waals surface area contributed by atoms with Crippen LogP contribution in [0, 0.1) is 5.82 Å². The molecule has 0 saturated heterocycles. The fourth-order valence-electron chi connectivity index (χ4n) is 1.58. The van der Waals surface area contributed by atoms with Gasteiger partial charge in [-0.1, -0.05) is 23.7 Å². The summed E-state index contributed by atoms with van der Waals surface area (Å²) in [5, 5.41) is 0.0974. The molecule has 16 heavy (non-hydrogen) atoms. The maximum absolute atomic E-state index is 13.6. The normalized spacial score (nSPS) is 12.7. The molecule has 1 aromatic heterocycles. The van der Waals surface area contributed by atoms with E-state index in [9.17, 15) is 4.39 Å². The average Bonchev–Trinajstić information content (AvgIpc) is 2.74. The molecule has 0 amide bonds. The van der Waals surface area contributed by atoms with Gasteiger partial charge in [-0.15, -0.1) is 0 Å². The highest BCUT2D eigenvalue weighted by molar-refractivity contribution is 6.30. The second-order valence-electron chi connectivity index (χ2n) is 3.59. The van der Waals surface area contributed by atoms with Crippen molar-refractivity contribution in [2.75, 3.05) is 0 Å². The molecule has 1 atom stereocenters. The molecule has 0 aliphatic carbocycles. The monoisotopic (exact) mass is 239 g/mol. The van der Waals surface area contributed by atoms with E-state index in [0.29, 0.717) is 12.0 Å². The predicted molar refractivity (Wildman–Crippen MR) is 60.8 cm³/mol. The van der Waals surface area contributed by atoms with Crippen LogP contribution < -0.4 is 5.73 Å². The van der Waals surface area contributed by atoms with Crippen LogP contribution >= 0.6 is 11.6 Å². The third-order valence-corrected chi connectivity index (χ3v) is 2.71. The molecule has 2 N–H and O–H groups in total. The van der Waals surface area contributed by atoms with E-state index in [4.69, 9.17) is 21.8 Å². The lowest BCUT2D eigenvalue weighted by atomic mass is 10.0. The summed E-state index contributed by atoms with van der Waals surface area (Å²) in [5.74, 6) is -0.444. The molecule has 0 saturated carbocycles. The summed E-state index contributed by atoms with van der Waals surface area (Å²) in [6, 6.07) is 6.23. The Bertz CT molecular complexity index is 470. The molecule has 0 bridgehead atoms. The molecule has 2 aromatic rings. The summed E-state index contributed by atoms with van der Waals surface area (Å²) < 4.78 is 18.6. The highest BCUT2D eigenvalue weighted by Gasteiger charge is 2.14. The van der Waals surface area contributed by atoms with Crippen LogP contribution in [-0.2, 0) is 6.42 Å². The lowest BCUT2D eigenvalue weighted by molar-refractivity contribution is 0.556. The molecular formula is C12H11ClFNO. The van der Waals surface area contributed by atoms with E-state index < -0.39 is 11.9 Å². The summed E-state index contributed by atoms with van der Waals surface area (Å²) in [7, 11) is 0. The minimum Gasteiger partial charge on any atom is -0.472 e. The number of nitrogens with two attached hydrogens (primary N) is 1. The van der Waals surface area contributed by atoms with Crippen LogP contribution in [0.5, 0.6) is 0 Å². The maximum Gasteiger partial charge on any atom is 0.146 e. The standard InChI is InChI=1S/C12H11ClFNO/c13-10-3-1-2-9(12(10)14)11(15)6-8-4-5-16-7-8/h1-5,7,11H,6,15H2. The van der Waals surface area contributed by atoms with Crippen LogP contribution in [0.15, 0.2) is 41.2 Å². The first kappa shape index (κ1) is 11.2. The van der Waals surface area contributed by atoms with Crippen molar-refractivity contribution in [3.05, 3.63) is 58.8 Å². The molecule has 0 aliphatic heterocycles. The molecular weight excluding hydrogens is 229 g/mol. The Labute approximate surface area is 97.8 Å². The van der Waals surface area contributed by atoms with E-state index in [-0.39, 0.29) is 5.02 Å². The number of hydrogen-bond donors (Lipinski definition) is 1. The third-order valence-electron chi connectivity index (χ3n) is 2.42. The van der Waals surface area contributed by atoms with Crippen molar-refractivity contribution >= 4 is 11.6 Å². The molecule has 1 unspecified atom stereocenters. The van der Waals surface area contributed by atoms with E-state index in [2.05, 4.69) is 0 Å². The highest BCUT2D eigenvalue weighted by atomic mass is 35.5. The molecule has 1 heterocycles. The van der Waals surface area contributed by atoms with Crippen LogP contribution in [0.1, 0.15) is 17.2 Å². The number of halogens is 2. The Morgan fingerprint density at radius 2 is 2.19 bits per heavy atom. The lowest BCUT2D eigenvalue weighted by Crippen LogP contribution is -2.14. The van der Waals surface area contributed by atoms with Gasteiger partial charge in [0.25, 0.3) is 0 Å². The molecule has 0 fully saturated rings. The molecule has 4 heteroatoms. The fourth-order valence-corrected chi connectivity index (χ4v) is 1.76. The highest BCUT2D eigenvalue weighted by Crippen LogP contribution is 2.24. The second-order valence-corrected chi connectivity index (χ2v) is 3.99. The van der Waals surface area contributed by atoms with Gasteiger partial charge in [-0.05, 0) is 24.1 Å². The van der Waals surface area contributed by atoms with Gasteiger partial charge in [0.15, 0.2) is 0 Å². The maximum atomic E-state index is 13.6. The Morgan fingerprint density at radius 3 is 2.88 bits per heavy atom. The summed E-state index contributed by atoms with van der Waals surface area (Å²) in [6.07, 6.45) is 3.69. The summed E-state index contributed by atoms with van der Waals surface area (Å²) in [6.45, 7) is 0. The van der Waals surface area contributed by atoms with Crippen molar-refractivity contribution in [2.45, 2.75) is 12.5 Å². The van der Waals surface area contributed by atoms with Crippen LogP contribution in [0.2, 0.25) is 5.02 Å². The molecule has 0 aliphatic rings. The van der Waals surface area contributed by atoms with Gasteiger partial charge in [0.1, 0.15) is 5.82 Å². The van der Waals surface area contributed by atoms with Crippen molar-refractivity contribution < 1.29 is 8.81 Å². The van der Waals surface area contributed by atoms with E-state index in [1.807, 2.05) is 6.07 Å². The SMILES string of the molecule is NC(Cc1ccoc1)c1cccc(Cl)c1F. The van der Waals surface area contributed by atoms with Gasteiger partial charge in [-0.25, -0.2) is 4.39 Å². The Morgan fingerprint density at radius 1 is 1.38 bits per heavy atom. The van der Waals surface area contributed by atoms with Gasteiger partial charge in [0.2, 0.25) is 0 Å².